The molecule has 0 aromatic heterocycles. The molecule has 0 atom stereocenters. The molecule has 0 aliphatic heterocycles. The van der Waals surface area contributed by atoms with Crippen LogP contribution in [0.4, 0.5) is 4.79 Å². The van der Waals surface area contributed by atoms with Gasteiger partial charge in [-0.15, -0.1) is 12.8 Å². The van der Waals surface area contributed by atoms with Crippen molar-refractivity contribution in [1.82, 2.24) is 5.32 Å². The van der Waals surface area contributed by atoms with Gasteiger partial charge in [-0.1, -0.05) is 51.1 Å². The van der Waals surface area contributed by atoms with Crippen LogP contribution in [-0.2, 0) is 25.7 Å². The molecule has 0 aliphatic rings. The SMILES string of the molecule is C#C.CC.CCN.NC(=O)OCc1ccccc1.O=CCCCC(=O)NCC(=O)O. The van der Waals surface area contributed by atoms with E-state index in [9.17, 15) is 19.2 Å². The number of hydrogen-bond acceptors (Lipinski definition) is 6. The molecule has 30 heavy (non-hydrogen) atoms. The van der Waals surface area contributed by atoms with Crippen LogP contribution in [0.1, 0.15) is 45.6 Å². The number of nitrogens with two attached hydrogens (primary N) is 2. The first-order valence-corrected chi connectivity index (χ1v) is 9.28. The first-order valence-electron chi connectivity index (χ1n) is 9.28. The number of carboxylic acids is 1. The highest BCUT2D eigenvalue weighted by Gasteiger charge is 2.02. The Morgan fingerprint density at radius 1 is 1.17 bits per heavy atom. The second-order valence-corrected chi connectivity index (χ2v) is 4.73. The summed E-state index contributed by atoms with van der Waals surface area (Å²) in [6.07, 6.45) is 8.99. The first kappa shape index (κ1) is 34.1. The topological polar surface area (TPSA) is 162 Å². The van der Waals surface area contributed by atoms with E-state index < -0.39 is 12.1 Å². The maximum atomic E-state index is 10.7. The van der Waals surface area contributed by atoms with E-state index in [1.165, 1.54) is 0 Å². The summed E-state index contributed by atoms with van der Waals surface area (Å²) >= 11 is 0. The number of carbonyl (C=O) groups excluding carboxylic acids is 3. The summed E-state index contributed by atoms with van der Waals surface area (Å²) in [5.41, 5.74) is 10.6. The minimum Gasteiger partial charge on any atom is -0.480 e. The summed E-state index contributed by atoms with van der Waals surface area (Å²) in [6.45, 7) is 6.54. The van der Waals surface area contributed by atoms with E-state index in [1.54, 1.807) is 0 Å². The molecule has 0 fully saturated rings. The maximum absolute atomic E-state index is 10.7. The lowest BCUT2D eigenvalue weighted by Gasteiger charge is -1.99. The molecular weight excluding hydrogens is 390 g/mol. The van der Waals surface area contributed by atoms with Gasteiger partial charge < -0.3 is 31.4 Å². The van der Waals surface area contributed by atoms with Gasteiger partial charge in [0.25, 0.3) is 0 Å². The highest BCUT2D eigenvalue weighted by atomic mass is 16.5. The van der Waals surface area contributed by atoms with Crippen LogP contribution in [0.25, 0.3) is 0 Å². The monoisotopic (exact) mass is 425 g/mol. The number of benzene rings is 1. The van der Waals surface area contributed by atoms with E-state index in [-0.39, 0.29) is 25.5 Å². The molecule has 0 saturated carbocycles. The number of unbranched alkanes of at least 4 members (excludes halogenated alkanes) is 1. The fourth-order valence-electron chi connectivity index (χ4n) is 1.34. The zero-order valence-corrected chi connectivity index (χ0v) is 18.0. The molecule has 0 heterocycles. The third kappa shape index (κ3) is 35.7. The normalized spacial score (nSPS) is 7.80. The van der Waals surface area contributed by atoms with Gasteiger partial charge in [-0.25, -0.2) is 4.79 Å². The van der Waals surface area contributed by atoms with Crippen LogP contribution in [-0.4, -0.2) is 42.5 Å². The van der Waals surface area contributed by atoms with Crippen molar-refractivity contribution in [1.29, 1.82) is 0 Å². The molecule has 0 aliphatic carbocycles. The molecule has 1 aromatic rings. The lowest BCUT2D eigenvalue weighted by atomic mass is 10.2. The van der Waals surface area contributed by atoms with Crippen LogP contribution in [0.3, 0.4) is 0 Å². The van der Waals surface area contributed by atoms with Gasteiger partial charge in [-0.2, -0.15) is 0 Å². The number of primary amides is 1. The van der Waals surface area contributed by atoms with Crippen LogP contribution in [0.2, 0.25) is 0 Å². The van der Waals surface area contributed by atoms with Crippen molar-refractivity contribution in [2.24, 2.45) is 11.5 Å². The van der Waals surface area contributed by atoms with Crippen LogP contribution in [0.5, 0.6) is 0 Å². The number of ether oxygens (including phenoxy) is 1. The van der Waals surface area contributed by atoms with Gasteiger partial charge in [0, 0.05) is 12.8 Å². The second-order valence-electron chi connectivity index (χ2n) is 4.73. The molecule has 0 spiro atoms. The van der Waals surface area contributed by atoms with Crippen molar-refractivity contribution in [2.45, 2.75) is 46.6 Å². The third-order valence-electron chi connectivity index (χ3n) is 2.39. The van der Waals surface area contributed by atoms with Gasteiger partial charge in [-0.3, -0.25) is 9.59 Å². The Bertz CT molecular complexity index is 562. The van der Waals surface area contributed by atoms with E-state index in [1.807, 2.05) is 51.1 Å². The van der Waals surface area contributed by atoms with E-state index in [0.717, 1.165) is 18.4 Å². The Morgan fingerprint density at radius 2 is 1.67 bits per heavy atom. The Kier molecular flexibility index (Phi) is 34.5. The van der Waals surface area contributed by atoms with Crippen LogP contribution < -0.4 is 16.8 Å². The largest absolute Gasteiger partial charge is 0.480 e. The summed E-state index contributed by atoms with van der Waals surface area (Å²) in [7, 11) is 0. The quantitative estimate of drug-likeness (QED) is 0.281. The van der Waals surface area contributed by atoms with E-state index in [2.05, 4.69) is 22.9 Å². The Labute approximate surface area is 179 Å². The number of aliphatic carboxylic acids is 1. The molecule has 6 N–H and O–H groups in total. The molecule has 2 amide bonds. The lowest BCUT2D eigenvalue weighted by molar-refractivity contribution is -0.138. The molecule has 9 nitrogen and oxygen atoms in total. The highest BCUT2D eigenvalue weighted by Crippen LogP contribution is 1.99. The second kappa shape index (κ2) is 30.4. The van der Waals surface area contributed by atoms with Gasteiger partial charge >= 0.3 is 12.1 Å². The van der Waals surface area contributed by atoms with E-state index in [0.29, 0.717) is 12.8 Å². The minimum absolute atomic E-state index is 0.200. The van der Waals surface area contributed by atoms with Crippen LogP contribution >= 0.6 is 0 Å². The Hall–Kier alpha value is -3.38. The average molecular weight is 426 g/mol. The van der Waals surface area contributed by atoms with E-state index in [4.69, 9.17) is 16.6 Å². The smallest absolute Gasteiger partial charge is 0.404 e. The molecule has 170 valence electrons. The molecular formula is C21H35N3O6. The van der Waals surface area contributed by atoms with Gasteiger partial charge in [0.2, 0.25) is 5.91 Å². The Morgan fingerprint density at radius 3 is 2.07 bits per heavy atom. The number of aldehydes is 1. The molecule has 0 unspecified atom stereocenters. The third-order valence-corrected chi connectivity index (χ3v) is 2.39. The standard InChI is InChI=1S/C8H9NO2.C7H11NO4.C2H7N.C2H6.C2H2/c9-8(10)11-6-7-4-2-1-3-5-7;9-4-2-1-3-6(10)8-5-7(11)12;1-2-3;2*1-2/h1-5H,6H2,(H2,9,10);4H,1-3,5H2,(H,8,10)(H,11,12);2-3H2,1H3;1-2H3;1-2H. The van der Waals surface area contributed by atoms with Crippen molar-refractivity contribution in [2.75, 3.05) is 13.1 Å². The fraction of sp³-hybridized carbons (Fsp3) is 0.429. The number of rotatable bonds is 8. The number of nitrogens with one attached hydrogen (secondary N) is 1. The van der Waals surface area contributed by atoms with Crippen molar-refractivity contribution < 1.29 is 29.0 Å². The number of amides is 2. The number of terminal acetylenes is 1. The maximum Gasteiger partial charge on any atom is 0.404 e. The molecule has 0 saturated heterocycles. The average Bonchev–Trinajstić information content (AvgIpc) is 2.75. The van der Waals surface area contributed by atoms with Crippen molar-refractivity contribution >= 4 is 24.3 Å². The molecule has 0 bridgehead atoms. The first-order chi connectivity index (χ1) is 14.4. The van der Waals surface area contributed by atoms with Crippen LogP contribution in [0.15, 0.2) is 30.3 Å². The number of carbonyl (C=O) groups is 4. The number of carboxylic acid groups (broad SMARTS) is 1. The van der Waals surface area contributed by atoms with Gasteiger partial charge in [0.15, 0.2) is 0 Å². The van der Waals surface area contributed by atoms with E-state index >= 15 is 0 Å². The molecule has 0 radical (unpaired) electrons. The molecule has 9 heteroatoms. The fourth-order valence-corrected chi connectivity index (χ4v) is 1.34. The predicted molar refractivity (Wildman–Crippen MR) is 117 cm³/mol. The summed E-state index contributed by atoms with van der Waals surface area (Å²) < 4.78 is 4.57. The predicted octanol–water partition coefficient (Wildman–Crippen LogP) is 2.08. The van der Waals surface area contributed by atoms with Crippen LogP contribution in [0, 0.1) is 12.8 Å². The van der Waals surface area contributed by atoms with Gasteiger partial charge in [0.05, 0.1) is 0 Å². The summed E-state index contributed by atoms with van der Waals surface area (Å²) in [5, 5.41) is 10.3. The summed E-state index contributed by atoms with van der Waals surface area (Å²) in [5.74, 6) is -1.40. The Balaban J connectivity index is -0.000000174. The highest BCUT2D eigenvalue weighted by molar-refractivity contribution is 5.81. The minimum atomic E-state index is -1.07. The van der Waals surface area contributed by atoms with Crippen molar-refractivity contribution in [3.63, 3.8) is 0 Å². The molecule has 1 aromatic carbocycles. The van der Waals surface area contributed by atoms with Gasteiger partial charge in [-0.05, 0) is 18.5 Å². The summed E-state index contributed by atoms with van der Waals surface area (Å²) in [6, 6.07) is 9.37. The lowest BCUT2D eigenvalue weighted by Crippen LogP contribution is -2.28. The number of hydrogen-bond donors (Lipinski definition) is 4. The van der Waals surface area contributed by atoms with Crippen molar-refractivity contribution in [3.05, 3.63) is 35.9 Å². The zero-order chi connectivity index (χ0) is 24.2. The van der Waals surface area contributed by atoms with Crippen molar-refractivity contribution in [3.8, 4) is 12.8 Å². The van der Waals surface area contributed by atoms with Gasteiger partial charge in [0.1, 0.15) is 19.4 Å². The summed E-state index contributed by atoms with van der Waals surface area (Å²) in [4.78, 5) is 40.7. The zero-order valence-electron chi connectivity index (χ0n) is 18.0. The molecule has 1 rings (SSSR count).